The second-order valence-corrected chi connectivity index (χ2v) is 6.32. The quantitative estimate of drug-likeness (QED) is 0.887. The van der Waals surface area contributed by atoms with Gasteiger partial charge in [0.05, 0.1) is 12.2 Å². The minimum absolute atomic E-state index is 0.0451. The highest BCUT2D eigenvalue weighted by molar-refractivity contribution is 5.89. The van der Waals surface area contributed by atoms with Crippen molar-refractivity contribution < 1.29 is 9.59 Å². The van der Waals surface area contributed by atoms with E-state index < -0.39 is 0 Å². The predicted octanol–water partition coefficient (Wildman–Crippen LogP) is 1.60. The van der Waals surface area contributed by atoms with Crippen LogP contribution in [0.25, 0.3) is 0 Å². The predicted molar refractivity (Wildman–Crippen MR) is 81.7 cm³/mol. The van der Waals surface area contributed by atoms with Gasteiger partial charge < -0.3 is 10.2 Å². The van der Waals surface area contributed by atoms with Gasteiger partial charge in [0.1, 0.15) is 6.04 Å². The molecule has 1 saturated carbocycles. The maximum atomic E-state index is 12.7. The number of nitrogens with one attached hydrogen (secondary N) is 2. The number of H-pyrrole nitrogens is 1. The van der Waals surface area contributed by atoms with Gasteiger partial charge in [-0.3, -0.25) is 14.7 Å². The second-order valence-electron chi connectivity index (χ2n) is 6.32. The summed E-state index contributed by atoms with van der Waals surface area (Å²) in [6, 6.07) is 1.54. The van der Waals surface area contributed by atoms with E-state index in [0.29, 0.717) is 6.54 Å². The zero-order chi connectivity index (χ0) is 15.4. The van der Waals surface area contributed by atoms with E-state index in [1.165, 1.54) is 6.42 Å². The number of likely N-dealkylation sites (tertiary alicyclic amines) is 1. The average molecular weight is 304 g/mol. The fourth-order valence-corrected chi connectivity index (χ4v) is 3.57. The fourth-order valence-electron chi connectivity index (χ4n) is 3.57. The van der Waals surface area contributed by atoms with Crippen molar-refractivity contribution in [1.82, 2.24) is 20.4 Å². The minimum Gasteiger partial charge on any atom is -0.349 e. The molecule has 2 N–H and O–H groups in total. The fraction of sp³-hybridized carbons (Fsp3) is 0.688. The molecule has 6 nitrogen and oxygen atoms in total. The SMILES string of the molecule is O=C(NCc1ccn[nH]1)C1CCCN1C(=O)C1CCCCC1. The minimum atomic E-state index is -0.294. The zero-order valence-corrected chi connectivity index (χ0v) is 12.9. The first-order valence-corrected chi connectivity index (χ1v) is 8.32. The summed E-state index contributed by atoms with van der Waals surface area (Å²) in [4.78, 5) is 26.9. The number of aromatic amines is 1. The third-order valence-corrected chi connectivity index (χ3v) is 4.80. The number of carbonyl (C=O) groups excluding carboxylic acids is 2. The summed E-state index contributed by atoms with van der Waals surface area (Å²) in [6.45, 7) is 1.15. The van der Waals surface area contributed by atoms with Gasteiger partial charge in [0, 0.05) is 18.7 Å². The van der Waals surface area contributed by atoms with E-state index in [9.17, 15) is 9.59 Å². The van der Waals surface area contributed by atoms with Crippen LogP contribution in [0.2, 0.25) is 0 Å². The molecule has 6 heteroatoms. The van der Waals surface area contributed by atoms with Crippen molar-refractivity contribution >= 4 is 11.8 Å². The van der Waals surface area contributed by atoms with Crippen LogP contribution in [0.15, 0.2) is 12.3 Å². The average Bonchev–Trinajstić information content (AvgIpc) is 3.24. The van der Waals surface area contributed by atoms with Crippen LogP contribution in [-0.4, -0.2) is 39.5 Å². The summed E-state index contributed by atoms with van der Waals surface area (Å²) in [5.74, 6) is 0.282. The molecule has 22 heavy (non-hydrogen) atoms. The number of amides is 2. The molecule has 0 bridgehead atoms. The lowest BCUT2D eigenvalue weighted by atomic mass is 9.88. The van der Waals surface area contributed by atoms with Crippen LogP contribution in [-0.2, 0) is 16.1 Å². The van der Waals surface area contributed by atoms with Crippen molar-refractivity contribution in [2.45, 2.75) is 57.5 Å². The highest BCUT2D eigenvalue weighted by atomic mass is 16.2. The molecule has 1 unspecified atom stereocenters. The van der Waals surface area contributed by atoms with Crippen molar-refractivity contribution in [2.75, 3.05) is 6.54 Å². The molecule has 2 fully saturated rings. The maximum Gasteiger partial charge on any atom is 0.243 e. The Bertz CT molecular complexity index is 508. The Morgan fingerprint density at radius 3 is 2.77 bits per heavy atom. The number of hydrogen-bond donors (Lipinski definition) is 2. The Labute approximate surface area is 130 Å². The molecule has 1 atom stereocenters. The largest absolute Gasteiger partial charge is 0.349 e. The third-order valence-electron chi connectivity index (χ3n) is 4.80. The first-order valence-electron chi connectivity index (χ1n) is 8.32. The number of nitrogens with zero attached hydrogens (tertiary/aromatic N) is 2. The van der Waals surface area contributed by atoms with E-state index in [1.807, 2.05) is 11.0 Å². The van der Waals surface area contributed by atoms with E-state index in [-0.39, 0.29) is 23.8 Å². The van der Waals surface area contributed by atoms with Gasteiger partial charge in [0.25, 0.3) is 0 Å². The van der Waals surface area contributed by atoms with E-state index >= 15 is 0 Å². The van der Waals surface area contributed by atoms with Gasteiger partial charge in [0.2, 0.25) is 11.8 Å². The van der Waals surface area contributed by atoms with Crippen molar-refractivity contribution in [3.05, 3.63) is 18.0 Å². The number of rotatable bonds is 4. The zero-order valence-electron chi connectivity index (χ0n) is 12.9. The van der Waals surface area contributed by atoms with E-state index in [0.717, 1.165) is 50.8 Å². The molecule has 0 spiro atoms. The Hall–Kier alpha value is -1.85. The smallest absolute Gasteiger partial charge is 0.243 e. The van der Waals surface area contributed by atoms with Gasteiger partial charge in [0.15, 0.2) is 0 Å². The normalized spacial score (nSPS) is 22.7. The monoisotopic (exact) mass is 304 g/mol. The second kappa shape index (κ2) is 6.94. The molecule has 3 rings (SSSR count). The van der Waals surface area contributed by atoms with Gasteiger partial charge >= 0.3 is 0 Å². The van der Waals surface area contributed by atoms with E-state index in [1.54, 1.807) is 6.20 Å². The summed E-state index contributed by atoms with van der Waals surface area (Å²) >= 11 is 0. The van der Waals surface area contributed by atoms with Gasteiger partial charge in [-0.25, -0.2) is 0 Å². The number of hydrogen-bond acceptors (Lipinski definition) is 3. The molecule has 1 aromatic heterocycles. The summed E-state index contributed by atoms with van der Waals surface area (Å²) in [7, 11) is 0. The molecule has 1 aliphatic carbocycles. The molecular formula is C16H24N4O2. The standard InChI is InChI=1S/C16H24N4O2/c21-15(17-11-13-8-9-18-19-13)14-7-4-10-20(14)16(22)12-5-2-1-3-6-12/h8-9,12,14H,1-7,10-11H2,(H,17,21)(H,18,19). The van der Waals surface area contributed by atoms with Crippen LogP contribution in [0.4, 0.5) is 0 Å². The van der Waals surface area contributed by atoms with Crippen LogP contribution < -0.4 is 5.32 Å². The first kappa shape index (κ1) is 15.1. The molecule has 1 saturated heterocycles. The van der Waals surface area contributed by atoms with Crippen LogP contribution in [0.5, 0.6) is 0 Å². The van der Waals surface area contributed by atoms with Crippen molar-refractivity contribution in [3.8, 4) is 0 Å². The van der Waals surface area contributed by atoms with Crippen LogP contribution in [0, 0.1) is 5.92 Å². The summed E-state index contributed by atoms with van der Waals surface area (Å²) in [6.07, 6.45) is 8.83. The molecule has 120 valence electrons. The van der Waals surface area contributed by atoms with Crippen molar-refractivity contribution in [1.29, 1.82) is 0 Å². The molecule has 1 aliphatic heterocycles. The third kappa shape index (κ3) is 3.31. The highest BCUT2D eigenvalue weighted by Gasteiger charge is 2.37. The summed E-state index contributed by atoms with van der Waals surface area (Å²) in [5, 5.41) is 9.60. The van der Waals surface area contributed by atoms with Gasteiger partial charge in [-0.15, -0.1) is 0 Å². The summed E-state index contributed by atoms with van der Waals surface area (Å²) in [5.41, 5.74) is 0.872. The Morgan fingerprint density at radius 2 is 2.05 bits per heavy atom. The van der Waals surface area contributed by atoms with E-state index in [4.69, 9.17) is 0 Å². The van der Waals surface area contributed by atoms with Gasteiger partial charge in [-0.05, 0) is 31.7 Å². The van der Waals surface area contributed by atoms with Crippen LogP contribution >= 0.6 is 0 Å². The first-order chi connectivity index (χ1) is 10.8. The number of carbonyl (C=O) groups is 2. The molecule has 0 aromatic carbocycles. The highest BCUT2D eigenvalue weighted by Crippen LogP contribution is 2.28. The van der Waals surface area contributed by atoms with Crippen molar-refractivity contribution in [3.63, 3.8) is 0 Å². The molecule has 1 aromatic rings. The molecule has 2 aliphatic rings. The van der Waals surface area contributed by atoms with Crippen molar-refractivity contribution in [2.24, 2.45) is 5.92 Å². The lowest BCUT2D eigenvalue weighted by Crippen LogP contribution is -2.48. The topological polar surface area (TPSA) is 78.1 Å². The number of aromatic nitrogens is 2. The Kier molecular flexibility index (Phi) is 4.75. The molecule has 2 amide bonds. The molecule has 0 radical (unpaired) electrons. The van der Waals surface area contributed by atoms with Crippen LogP contribution in [0.3, 0.4) is 0 Å². The molecule has 2 heterocycles. The lowest BCUT2D eigenvalue weighted by Gasteiger charge is -2.30. The van der Waals surface area contributed by atoms with Gasteiger partial charge in [-0.2, -0.15) is 5.10 Å². The Balaban J connectivity index is 1.57. The van der Waals surface area contributed by atoms with E-state index in [2.05, 4.69) is 15.5 Å². The summed E-state index contributed by atoms with van der Waals surface area (Å²) < 4.78 is 0. The molecular weight excluding hydrogens is 280 g/mol. The van der Waals surface area contributed by atoms with Crippen LogP contribution in [0.1, 0.15) is 50.6 Å². The maximum absolute atomic E-state index is 12.7. The lowest BCUT2D eigenvalue weighted by molar-refractivity contribution is -0.142. The Morgan fingerprint density at radius 1 is 1.23 bits per heavy atom. The van der Waals surface area contributed by atoms with Gasteiger partial charge in [-0.1, -0.05) is 19.3 Å².